The van der Waals surface area contributed by atoms with Crippen molar-refractivity contribution in [3.63, 3.8) is 0 Å². The number of allylic oxidation sites excluding steroid dienone is 2. The molecule has 2 unspecified atom stereocenters. The second-order valence-electron chi connectivity index (χ2n) is 9.87. The van der Waals surface area contributed by atoms with Crippen molar-refractivity contribution in [3.05, 3.63) is 123 Å². The van der Waals surface area contributed by atoms with E-state index in [4.69, 9.17) is 9.15 Å². The quantitative estimate of drug-likeness (QED) is 0.291. The molecule has 3 aromatic carbocycles. The number of carbonyl (C=O) groups excluding carboxylic acids is 2. The van der Waals surface area contributed by atoms with Crippen LogP contribution in [0.25, 0.3) is 11.0 Å². The van der Waals surface area contributed by atoms with Gasteiger partial charge in [-0.3, -0.25) is 9.59 Å². The van der Waals surface area contributed by atoms with Crippen molar-refractivity contribution in [1.29, 1.82) is 0 Å². The van der Waals surface area contributed by atoms with Crippen LogP contribution in [0.1, 0.15) is 32.6 Å². The fourth-order valence-corrected chi connectivity index (χ4v) is 5.93. The molecule has 1 spiro atoms. The Labute approximate surface area is 226 Å². The predicted molar refractivity (Wildman–Crippen MR) is 144 cm³/mol. The Morgan fingerprint density at radius 3 is 2.67 bits per heavy atom. The lowest BCUT2D eigenvalue weighted by molar-refractivity contribution is -0.110. The van der Waals surface area contributed by atoms with Gasteiger partial charge in [0.15, 0.2) is 11.4 Å². The average molecular weight is 533 g/mol. The van der Waals surface area contributed by atoms with E-state index in [9.17, 15) is 24.6 Å². The zero-order chi connectivity index (χ0) is 27.8. The first-order valence-corrected chi connectivity index (χ1v) is 12.5. The molecule has 1 aliphatic carbocycles. The Bertz CT molecular complexity index is 1950. The molecule has 196 valence electrons. The molecule has 0 fully saturated rings. The molecule has 2 atom stereocenters. The van der Waals surface area contributed by atoms with Gasteiger partial charge >= 0.3 is 5.63 Å². The highest BCUT2D eigenvalue weighted by Crippen LogP contribution is 2.58. The molecule has 4 aromatic rings. The first kappa shape index (κ1) is 23.7. The highest BCUT2D eigenvalue weighted by atomic mass is 16.5. The number of amides is 1. The average Bonchev–Trinajstić information content (AvgIpc) is 3.16. The van der Waals surface area contributed by atoms with Gasteiger partial charge in [0.05, 0.1) is 17.7 Å². The number of phenols is 2. The number of hydrogen-bond donors (Lipinski definition) is 2. The van der Waals surface area contributed by atoms with E-state index in [0.717, 1.165) is 0 Å². The maximum atomic E-state index is 14.0. The number of carbonyl (C=O) groups is 2. The molecule has 40 heavy (non-hydrogen) atoms. The molecule has 7 rings (SSSR count). The summed E-state index contributed by atoms with van der Waals surface area (Å²) in [6.07, 6.45) is 5.76. The van der Waals surface area contributed by atoms with E-state index in [0.29, 0.717) is 33.4 Å². The number of hydrazone groups is 1. The van der Waals surface area contributed by atoms with Gasteiger partial charge in [0.25, 0.3) is 5.91 Å². The molecule has 3 aliphatic rings. The van der Waals surface area contributed by atoms with E-state index in [2.05, 4.69) is 5.10 Å². The largest absolute Gasteiger partial charge is 0.508 e. The molecule has 9 heteroatoms. The number of nitrogens with zero attached hydrogens (tertiary/aromatic N) is 2. The van der Waals surface area contributed by atoms with Gasteiger partial charge in [0.1, 0.15) is 28.5 Å². The number of aromatic hydroxyl groups is 2. The first-order chi connectivity index (χ1) is 19.3. The van der Waals surface area contributed by atoms with Crippen molar-refractivity contribution in [1.82, 2.24) is 5.01 Å². The van der Waals surface area contributed by atoms with Crippen LogP contribution in [0.3, 0.4) is 0 Å². The van der Waals surface area contributed by atoms with Crippen LogP contribution >= 0.6 is 0 Å². The van der Waals surface area contributed by atoms with Crippen LogP contribution in [0.4, 0.5) is 0 Å². The topological polar surface area (TPSA) is 130 Å². The highest BCUT2D eigenvalue weighted by molar-refractivity contribution is 6.05. The van der Waals surface area contributed by atoms with Crippen molar-refractivity contribution in [3.8, 4) is 17.2 Å². The van der Waals surface area contributed by atoms with Gasteiger partial charge in [-0.25, -0.2) is 9.80 Å². The molecular formula is C31H20N2O7. The lowest BCUT2D eigenvalue weighted by Gasteiger charge is -2.46. The van der Waals surface area contributed by atoms with E-state index in [-0.39, 0.29) is 34.2 Å². The summed E-state index contributed by atoms with van der Waals surface area (Å²) >= 11 is 0. The van der Waals surface area contributed by atoms with Crippen LogP contribution < -0.4 is 10.4 Å². The molecule has 1 amide bonds. The van der Waals surface area contributed by atoms with Crippen LogP contribution in [-0.2, 0) is 10.3 Å². The van der Waals surface area contributed by atoms with Crippen molar-refractivity contribution in [2.24, 2.45) is 11.0 Å². The van der Waals surface area contributed by atoms with E-state index < -0.39 is 23.0 Å². The Morgan fingerprint density at radius 1 is 1.00 bits per heavy atom. The van der Waals surface area contributed by atoms with Crippen molar-refractivity contribution in [2.75, 3.05) is 0 Å². The van der Waals surface area contributed by atoms with Gasteiger partial charge in [-0.15, -0.1) is 0 Å². The van der Waals surface area contributed by atoms with Gasteiger partial charge in [-0.05, 0) is 54.5 Å². The van der Waals surface area contributed by atoms with Crippen LogP contribution in [0.5, 0.6) is 17.2 Å². The summed E-state index contributed by atoms with van der Waals surface area (Å²) < 4.78 is 11.5. The van der Waals surface area contributed by atoms with Gasteiger partial charge < -0.3 is 19.4 Å². The SMILES string of the molecule is Cc1cc(=O)oc2c(/C=N/N3C(=O)c4ccccc4C34c3ccc(O)cc3OC3=CC(=O)C=CC34)c(O)ccc12. The molecule has 0 radical (unpaired) electrons. The Balaban J connectivity index is 1.52. The Morgan fingerprint density at radius 2 is 1.82 bits per heavy atom. The fourth-order valence-electron chi connectivity index (χ4n) is 5.93. The number of rotatable bonds is 2. The third kappa shape index (κ3) is 3.14. The standard InChI is InChI=1S/C31H20N2O7/c1-16-12-28(37)40-29-19(16)8-11-25(36)21(29)15-32-33-30(38)20-4-2-3-5-22(20)31(33)23-9-6-17(34)13-26(23)39-27-14-18(35)7-10-24(27)31/h2-15,23,35-36H,1H3/b32-15+. The maximum Gasteiger partial charge on any atom is 0.336 e. The molecule has 0 saturated carbocycles. The number of hydrogen-bond acceptors (Lipinski definition) is 8. The minimum atomic E-state index is -1.30. The van der Waals surface area contributed by atoms with Gasteiger partial charge in [0, 0.05) is 34.7 Å². The summed E-state index contributed by atoms with van der Waals surface area (Å²) in [7, 11) is 0. The zero-order valence-corrected chi connectivity index (χ0v) is 21.0. The van der Waals surface area contributed by atoms with Gasteiger partial charge in [-0.2, -0.15) is 5.10 Å². The van der Waals surface area contributed by atoms with Crippen molar-refractivity contribution in [2.45, 2.75) is 12.5 Å². The molecule has 0 bridgehead atoms. The second-order valence-corrected chi connectivity index (χ2v) is 9.87. The summed E-state index contributed by atoms with van der Waals surface area (Å²) in [5.74, 6) is -1.02. The summed E-state index contributed by atoms with van der Waals surface area (Å²) in [5, 5.41) is 27.6. The van der Waals surface area contributed by atoms with Crippen molar-refractivity contribution < 1.29 is 29.0 Å². The summed E-state index contributed by atoms with van der Waals surface area (Å²) in [6.45, 7) is 1.76. The molecule has 3 heterocycles. The predicted octanol–water partition coefficient (Wildman–Crippen LogP) is 4.28. The lowest BCUT2D eigenvalue weighted by atomic mass is 9.69. The third-order valence-corrected chi connectivity index (χ3v) is 7.63. The monoisotopic (exact) mass is 532 g/mol. The van der Waals surface area contributed by atoms with E-state index in [1.54, 1.807) is 37.3 Å². The van der Waals surface area contributed by atoms with Crippen LogP contribution in [0, 0.1) is 12.8 Å². The third-order valence-electron chi connectivity index (χ3n) is 7.63. The second kappa shape index (κ2) is 8.28. The maximum absolute atomic E-state index is 14.0. The number of phenolic OH excluding ortho intramolecular Hbond substituents is 2. The van der Waals surface area contributed by atoms with E-state index in [1.807, 2.05) is 12.1 Å². The summed E-state index contributed by atoms with van der Waals surface area (Å²) in [4.78, 5) is 38.6. The van der Waals surface area contributed by atoms with Gasteiger partial charge in [0.2, 0.25) is 0 Å². The normalized spacial score (nSPS) is 21.0. The summed E-state index contributed by atoms with van der Waals surface area (Å²) in [5.41, 5.74) is 0.607. The smallest absolute Gasteiger partial charge is 0.336 e. The molecule has 9 nitrogen and oxygen atoms in total. The Kier molecular flexibility index (Phi) is 4.90. The lowest BCUT2D eigenvalue weighted by Crippen LogP contribution is -2.51. The Hall–Kier alpha value is -5.44. The molecule has 2 aliphatic heterocycles. The van der Waals surface area contributed by atoms with Crippen LogP contribution in [0.15, 0.2) is 99.0 Å². The van der Waals surface area contributed by atoms with E-state index in [1.165, 1.54) is 47.6 Å². The molecule has 0 saturated heterocycles. The molecule has 2 N–H and O–H groups in total. The fraction of sp³-hybridized carbons (Fsp3) is 0.0968. The van der Waals surface area contributed by atoms with E-state index >= 15 is 0 Å². The highest BCUT2D eigenvalue weighted by Gasteiger charge is 2.60. The van der Waals surface area contributed by atoms with Gasteiger partial charge in [-0.1, -0.05) is 24.3 Å². The number of ketones is 1. The minimum absolute atomic E-state index is 0.0515. The molecule has 1 aromatic heterocycles. The number of fused-ring (bicyclic) bond motifs is 7. The zero-order valence-electron chi connectivity index (χ0n) is 21.0. The van der Waals surface area contributed by atoms with Crippen molar-refractivity contribution >= 4 is 28.9 Å². The first-order valence-electron chi connectivity index (χ1n) is 12.5. The number of ether oxygens (including phenoxy) is 1. The summed E-state index contributed by atoms with van der Waals surface area (Å²) in [6, 6.07) is 16.1. The van der Waals surface area contributed by atoms with Crippen LogP contribution in [-0.4, -0.2) is 33.1 Å². The number of aryl methyl sites for hydroxylation is 1. The minimum Gasteiger partial charge on any atom is -0.508 e. The number of benzene rings is 3. The molecular weight excluding hydrogens is 512 g/mol. The van der Waals surface area contributed by atoms with Crippen LogP contribution in [0.2, 0.25) is 0 Å².